The molecule has 4 nitrogen and oxygen atoms in total. The highest BCUT2D eigenvalue weighted by Gasteiger charge is 2.08. The molecule has 116 valence electrons. The third-order valence-electron chi connectivity index (χ3n) is 3.07. The lowest BCUT2D eigenvalue weighted by molar-refractivity contribution is 0.0938. The smallest absolute Gasteiger partial charge is 0.270 e. The second-order valence-electron chi connectivity index (χ2n) is 5.36. The number of rotatable bonds is 6. The minimum atomic E-state index is -0.156. The number of aromatic nitrogens is 1. The van der Waals surface area contributed by atoms with Gasteiger partial charge >= 0.3 is 0 Å². The van der Waals surface area contributed by atoms with E-state index in [2.05, 4.69) is 15.6 Å². The van der Waals surface area contributed by atoms with Crippen molar-refractivity contribution in [3.05, 3.63) is 58.9 Å². The molecule has 0 aliphatic rings. The van der Waals surface area contributed by atoms with Crippen LogP contribution in [0.5, 0.6) is 0 Å². The summed E-state index contributed by atoms with van der Waals surface area (Å²) in [5.41, 5.74) is 2.52. The average Bonchev–Trinajstić information content (AvgIpc) is 2.49. The standard InChI is InChI=1S/C17H20ClN3O/c1-12(2)21-17(22)16-11-15(8-10-20-16)19-9-7-13-3-5-14(18)6-4-13/h3-6,8,10-12H,7,9H2,1-2H3,(H,19,20)(H,21,22). The highest BCUT2D eigenvalue weighted by atomic mass is 35.5. The Bertz CT molecular complexity index is 626. The molecule has 0 aliphatic heterocycles. The van der Waals surface area contributed by atoms with Crippen LogP contribution in [0.25, 0.3) is 0 Å². The molecule has 1 amide bonds. The molecule has 0 atom stereocenters. The second-order valence-corrected chi connectivity index (χ2v) is 5.80. The third-order valence-corrected chi connectivity index (χ3v) is 3.32. The Morgan fingerprint density at radius 2 is 1.95 bits per heavy atom. The summed E-state index contributed by atoms with van der Waals surface area (Å²) in [6.07, 6.45) is 2.52. The molecular formula is C17H20ClN3O. The Hall–Kier alpha value is -2.07. The fraction of sp³-hybridized carbons (Fsp3) is 0.294. The van der Waals surface area contributed by atoms with Gasteiger partial charge in [0.15, 0.2) is 0 Å². The number of carbonyl (C=O) groups is 1. The lowest BCUT2D eigenvalue weighted by Crippen LogP contribution is -2.30. The first-order chi connectivity index (χ1) is 10.5. The first-order valence-electron chi connectivity index (χ1n) is 7.30. The maximum atomic E-state index is 11.9. The number of nitrogens with zero attached hydrogens (tertiary/aromatic N) is 1. The van der Waals surface area contributed by atoms with Crippen molar-refractivity contribution in [2.45, 2.75) is 26.3 Å². The molecule has 0 bridgehead atoms. The van der Waals surface area contributed by atoms with Crippen LogP contribution in [0.4, 0.5) is 5.69 Å². The molecule has 2 N–H and O–H groups in total. The molecule has 0 saturated carbocycles. The Morgan fingerprint density at radius 1 is 1.23 bits per heavy atom. The van der Waals surface area contributed by atoms with E-state index in [1.807, 2.05) is 44.2 Å². The van der Waals surface area contributed by atoms with Crippen molar-refractivity contribution in [2.75, 3.05) is 11.9 Å². The van der Waals surface area contributed by atoms with Gasteiger partial charge in [0.2, 0.25) is 0 Å². The number of carbonyl (C=O) groups excluding carboxylic acids is 1. The van der Waals surface area contributed by atoms with Gasteiger partial charge in [-0.05, 0) is 50.1 Å². The molecule has 0 fully saturated rings. The van der Waals surface area contributed by atoms with Crippen LogP contribution in [0.3, 0.4) is 0 Å². The molecule has 1 aromatic heterocycles. The zero-order chi connectivity index (χ0) is 15.9. The van der Waals surface area contributed by atoms with Crippen LogP contribution in [0.1, 0.15) is 29.9 Å². The van der Waals surface area contributed by atoms with E-state index < -0.39 is 0 Å². The summed E-state index contributed by atoms with van der Waals surface area (Å²) in [5.74, 6) is -0.156. The Labute approximate surface area is 135 Å². The zero-order valence-corrected chi connectivity index (χ0v) is 13.5. The molecule has 0 radical (unpaired) electrons. The minimum Gasteiger partial charge on any atom is -0.385 e. The predicted octanol–water partition coefficient (Wildman–Crippen LogP) is 3.53. The molecule has 0 spiro atoms. The molecule has 0 saturated heterocycles. The fourth-order valence-corrected chi connectivity index (χ4v) is 2.13. The van der Waals surface area contributed by atoms with E-state index in [-0.39, 0.29) is 11.9 Å². The Kier molecular flexibility index (Phi) is 5.78. The van der Waals surface area contributed by atoms with Crippen molar-refractivity contribution in [2.24, 2.45) is 0 Å². The van der Waals surface area contributed by atoms with E-state index >= 15 is 0 Å². The SMILES string of the molecule is CC(C)NC(=O)c1cc(NCCc2ccc(Cl)cc2)ccn1. The van der Waals surface area contributed by atoms with E-state index in [4.69, 9.17) is 11.6 Å². The van der Waals surface area contributed by atoms with E-state index in [0.29, 0.717) is 5.69 Å². The molecule has 0 aliphatic carbocycles. The van der Waals surface area contributed by atoms with Crippen LogP contribution >= 0.6 is 11.6 Å². The number of anilines is 1. The minimum absolute atomic E-state index is 0.0934. The molecule has 5 heteroatoms. The van der Waals surface area contributed by atoms with Gasteiger partial charge in [0.05, 0.1) is 0 Å². The summed E-state index contributed by atoms with van der Waals surface area (Å²) in [6.45, 7) is 4.62. The third kappa shape index (κ3) is 5.04. The maximum Gasteiger partial charge on any atom is 0.270 e. The number of amides is 1. The predicted molar refractivity (Wildman–Crippen MR) is 90.5 cm³/mol. The lowest BCUT2D eigenvalue weighted by atomic mass is 10.1. The Morgan fingerprint density at radius 3 is 2.64 bits per heavy atom. The van der Waals surface area contributed by atoms with Crippen LogP contribution < -0.4 is 10.6 Å². The van der Waals surface area contributed by atoms with Gasteiger partial charge in [0.25, 0.3) is 5.91 Å². The van der Waals surface area contributed by atoms with Gasteiger partial charge in [-0.3, -0.25) is 9.78 Å². The van der Waals surface area contributed by atoms with Crippen molar-refractivity contribution in [3.8, 4) is 0 Å². The topological polar surface area (TPSA) is 54.0 Å². The van der Waals surface area contributed by atoms with Crippen LogP contribution in [0.15, 0.2) is 42.6 Å². The first-order valence-corrected chi connectivity index (χ1v) is 7.67. The van der Waals surface area contributed by atoms with E-state index in [9.17, 15) is 4.79 Å². The fourth-order valence-electron chi connectivity index (χ4n) is 2.00. The van der Waals surface area contributed by atoms with Crippen molar-refractivity contribution in [1.82, 2.24) is 10.3 Å². The Balaban J connectivity index is 1.90. The van der Waals surface area contributed by atoms with Gasteiger partial charge in [-0.2, -0.15) is 0 Å². The van der Waals surface area contributed by atoms with Gasteiger partial charge in [-0.15, -0.1) is 0 Å². The maximum absolute atomic E-state index is 11.9. The van der Waals surface area contributed by atoms with Crippen molar-refractivity contribution in [1.29, 1.82) is 0 Å². The number of hydrogen-bond acceptors (Lipinski definition) is 3. The second kappa shape index (κ2) is 7.80. The number of pyridine rings is 1. The van der Waals surface area contributed by atoms with Crippen molar-refractivity contribution < 1.29 is 4.79 Å². The van der Waals surface area contributed by atoms with Crippen molar-refractivity contribution in [3.63, 3.8) is 0 Å². The summed E-state index contributed by atoms with van der Waals surface area (Å²) in [7, 11) is 0. The number of hydrogen-bond donors (Lipinski definition) is 2. The van der Waals surface area contributed by atoms with Crippen molar-refractivity contribution >= 4 is 23.2 Å². The van der Waals surface area contributed by atoms with Gasteiger partial charge < -0.3 is 10.6 Å². The zero-order valence-electron chi connectivity index (χ0n) is 12.8. The van der Waals surface area contributed by atoms with Gasteiger partial charge in [0.1, 0.15) is 5.69 Å². The van der Waals surface area contributed by atoms with Crippen LogP contribution in [-0.2, 0) is 6.42 Å². The van der Waals surface area contributed by atoms with E-state index in [1.54, 1.807) is 12.3 Å². The van der Waals surface area contributed by atoms with Crippen LogP contribution in [0, 0.1) is 0 Å². The van der Waals surface area contributed by atoms with Gasteiger partial charge in [0, 0.05) is 29.5 Å². The number of nitrogens with one attached hydrogen (secondary N) is 2. The van der Waals surface area contributed by atoms with E-state index in [0.717, 1.165) is 23.7 Å². The quantitative estimate of drug-likeness (QED) is 0.857. The summed E-state index contributed by atoms with van der Waals surface area (Å²) in [5, 5.41) is 6.88. The van der Waals surface area contributed by atoms with Crippen LogP contribution in [0.2, 0.25) is 5.02 Å². The highest BCUT2D eigenvalue weighted by Crippen LogP contribution is 2.11. The normalized spacial score (nSPS) is 10.5. The number of benzene rings is 1. The molecule has 22 heavy (non-hydrogen) atoms. The monoisotopic (exact) mass is 317 g/mol. The summed E-state index contributed by atoms with van der Waals surface area (Å²) >= 11 is 5.86. The first kappa shape index (κ1) is 16.3. The molecular weight excluding hydrogens is 298 g/mol. The largest absolute Gasteiger partial charge is 0.385 e. The molecule has 2 aromatic rings. The summed E-state index contributed by atoms with van der Waals surface area (Å²) < 4.78 is 0. The molecule has 1 heterocycles. The summed E-state index contributed by atoms with van der Waals surface area (Å²) in [4.78, 5) is 16.0. The summed E-state index contributed by atoms with van der Waals surface area (Å²) in [6, 6.07) is 11.5. The number of halogens is 1. The average molecular weight is 318 g/mol. The molecule has 2 rings (SSSR count). The lowest BCUT2D eigenvalue weighted by Gasteiger charge is -2.10. The molecule has 1 aromatic carbocycles. The van der Waals surface area contributed by atoms with Gasteiger partial charge in [-0.25, -0.2) is 0 Å². The van der Waals surface area contributed by atoms with Crippen LogP contribution in [-0.4, -0.2) is 23.5 Å². The highest BCUT2D eigenvalue weighted by molar-refractivity contribution is 6.30. The van der Waals surface area contributed by atoms with E-state index in [1.165, 1.54) is 5.56 Å². The van der Waals surface area contributed by atoms with Gasteiger partial charge in [-0.1, -0.05) is 23.7 Å². The molecule has 0 unspecified atom stereocenters.